The molecule has 4 heteroatoms. The van der Waals surface area contributed by atoms with Crippen LogP contribution in [0.4, 0.5) is 0 Å². The van der Waals surface area contributed by atoms with Gasteiger partial charge in [-0.05, 0) is 0 Å². The summed E-state index contributed by atoms with van der Waals surface area (Å²) in [6, 6.07) is 23.5. The van der Waals surface area contributed by atoms with E-state index in [1.807, 2.05) is 0 Å². The average Bonchev–Trinajstić information content (AvgIpc) is 3.37. The fourth-order valence-electron chi connectivity index (χ4n) is 6.88. The molecule has 0 nitrogen and oxygen atoms in total. The molecule has 0 radical (unpaired) electrons. The summed E-state index contributed by atoms with van der Waals surface area (Å²) >= 11 is -2.55. The third-order valence-electron chi connectivity index (χ3n) is 8.91. The molecule has 3 aromatic rings. The van der Waals surface area contributed by atoms with Gasteiger partial charge in [0.25, 0.3) is 0 Å². The van der Waals surface area contributed by atoms with E-state index in [9.17, 15) is 0 Å². The summed E-state index contributed by atoms with van der Waals surface area (Å²) in [5.74, 6) is 0.524. The molecule has 0 heterocycles. The van der Waals surface area contributed by atoms with Crippen LogP contribution in [0.1, 0.15) is 83.2 Å². The van der Waals surface area contributed by atoms with Gasteiger partial charge in [0, 0.05) is 0 Å². The molecular formula is C38H48Cl2SiZr. The van der Waals surface area contributed by atoms with Gasteiger partial charge in [0.05, 0.1) is 0 Å². The number of hydrogen-bond acceptors (Lipinski definition) is 0. The first kappa shape index (κ1) is 35.2. The molecule has 0 aliphatic heterocycles. The molecule has 2 aliphatic rings. The molecule has 0 N–H and O–H groups in total. The first-order chi connectivity index (χ1) is 18.6. The van der Waals surface area contributed by atoms with E-state index in [1.165, 1.54) is 27.8 Å². The van der Waals surface area contributed by atoms with E-state index in [0.29, 0.717) is 5.92 Å². The zero-order valence-electron chi connectivity index (χ0n) is 27.5. The van der Waals surface area contributed by atoms with Gasteiger partial charge in [-0.15, -0.1) is 0 Å². The van der Waals surface area contributed by atoms with Crippen molar-refractivity contribution >= 4 is 15.1 Å². The Kier molecular flexibility index (Phi) is 10.5. The van der Waals surface area contributed by atoms with Gasteiger partial charge in [-0.2, -0.15) is 0 Å². The van der Waals surface area contributed by atoms with Crippen LogP contribution in [0.5, 0.6) is 0 Å². The van der Waals surface area contributed by atoms with E-state index in [1.54, 1.807) is 28.4 Å². The standard InChI is InChI=1S/C21H25.C10H17Si.C7H6.2ClH.Zr/c1-20(2,3)16-7-9-18-14(12-16)11-15-13-17(21(4,5)6)8-10-19(15)18;1-8-6-9(2)10(7-8)11(3,4)5;1-7-5-3-2-4-6-7;;;/h7-10,12H,11H2,1-6H3;7-8H,1-5H3;1-6H;2*1H;/q;;;;;+2/p-2. The van der Waals surface area contributed by atoms with Crippen LogP contribution in [0, 0.1) is 5.92 Å². The predicted molar refractivity (Wildman–Crippen MR) is 177 cm³/mol. The number of halogens is 2. The molecule has 0 saturated heterocycles. The Morgan fingerprint density at radius 3 is 1.98 bits per heavy atom. The molecular weight excluding hydrogens is 647 g/mol. The molecule has 1 atom stereocenters. The summed E-state index contributed by atoms with van der Waals surface area (Å²) in [4.78, 5) is 0. The Balaban J connectivity index is 0.00000242. The molecule has 0 bridgehead atoms. The first-order valence-electron chi connectivity index (χ1n) is 15.1. The number of rotatable bonds is 4. The van der Waals surface area contributed by atoms with Crippen molar-refractivity contribution in [2.45, 2.75) is 92.3 Å². The summed E-state index contributed by atoms with van der Waals surface area (Å²) in [6.07, 6.45) is 3.72. The summed E-state index contributed by atoms with van der Waals surface area (Å²) in [5.41, 5.74) is 12.4. The number of hydrogen-bond donors (Lipinski definition) is 0. The smallest absolute Gasteiger partial charge is 1.00 e. The maximum atomic E-state index is 2.77. The molecule has 0 spiro atoms. The second-order valence-corrected chi connectivity index (χ2v) is 25.5. The minimum absolute atomic E-state index is 0. The van der Waals surface area contributed by atoms with E-state index in [4.69, 9.17) is 0 Å². The predicted octanol–water partition coefficient (Wildman–Crippen LogP) is 3.68. The average molecular weight is 695 g/mol. The van der Waals surface area contributed by atoms with Crippen LogP contribution < -0.4 is 28.1 Å². The fourth-order valence-corrected chi connectivity index (χ4v) is 17.8. The third-order valence-corrected chi connectivity index (χ3v) is 18.8. The van der Waals surface area contributed by atoms with Crippen LogP contribution in [-0.4, -0.2) is 11.8 Å². The van der Waals surface area contributed by atoms with Crippen molar-refractivity contribution in [3.8, 4) is 11.1 Å². The largest absolute Gasteiger partial charge is 1.00 e. The van der Waals surface area contributed by atoms with Gasteiger partial charge in [0.1, 0.15) is 0 Å². The molecule has 222 valence electrons. The molecule has 3 aromatic carbocycles. The summed E-state index contributed by atoms with van der Waals surface area (Å²) in [5, 5.41) is 1.69. The molecule has 0 aromatic heterocycles. The van der Waals surface area contributed by atoms with Gasteiger partial charge >= 0.3 is 254 Å². The van der Waals surface area contributed by atoms with Crippen molar-refractivity contribution in [2.75, 3.05) is 0 Å². The Bertz CT molecular complexity index is 1570. The van der Waals surface area contributed by atoms with Crippen molar-refractivity contribution in [3.63, 3.8) is 0 Å². The Hall–Kier alpha value is -1.31. The van der Waals surface area contributed by atoms with Crippen LogP contribution in [0.25, 0.3) is 11.1 Å². The maximum absolute atomic E-state index is 2.77. The first-order valence-corrected chi connectivity index (χ1v) is 22.5. The zero-order chi connectivity index (χ0) is 29.2. The topological polar surface area (TPSA) is 0 Å². The van der Waals surface area contributed by atoms with Crippen LogP contribution >= 0.6 is 0 Å². The second kappa shape index (κ2) is 12.6. The molecule has 1 unspecified atom stereocenters. The van der Waals surface area contributed by atoms with Gasteiger partial charge in [-0.1, -0.05) is 0 Å². The fraction of sp³-hybridized carbons (Fsp3) is 0.395. The van der Waals surface area contributed by atoms with Crippen LogP contribution in [0.2, 0.25) is 19.6 Å². The van der Waals surface area contributed by atoms with Crippen molar-refractivity contribution in [1.29, 1.82) is 0 Å². The normalized spacial score (nSPS) is 16.5. The van der Waals surface area contributed by atoms with Gasteiger partial charge in [-0.25, -0.2) is 0 Å². The minimum atomic E-state index is -2.55. The second-order valence-electron chi connectivity index (χ2n) is 15.2. The van der Waals surface area contributed by atoms with E-state index >= 15 is 0 Å². The Labute approximate surface area is 277 Å². The van der Waals surface area contributed by atoms with Crippen molar-refractivity contribution in [2.24, 2.45) is 5.92 Å². The Morgan fingerprint density at radius 1 is 0.810 bits per heavy atom. The number of allylic oxidation sites excluding steroid dienone is 4. The van der Waals surface area contributed by atoms with Crippen molar-refractivity contribution < 1.29 is 46.1 Å². The van der Waals surface area contributed by atoms with Crippen LogP contribution in [-0.2, 0) is 38.5 Å². The minimum Gasteiger partial charge on any atom is -1.00 e. The Morgan fingerprint density at radius 2 is 1.43 bits per heavy atom. The van der Waals surface area contributed by atoms with E-state index in [-0.39, 0.29) is 35.6 Å². The van der Waals surface area contributed by atoms with Gasteiger partial charge in [-0.3, -0.25) is 0 Å². The van der Waals surface area contributed by atoms with E-state index in [0.717, 1.165) is 6.42 Å². The molecule has 0 saturated carbocycles. The summed E-state index contributed by atoms with van der Waals surface area (Å²) in [7, 11) is -1.44. The van der Waals surface area contributed by atoms with Crippen molar-refractivity contribution in [3.05, 3.63) is 109 Å². The zero-order valence-corrected chi connectivity index (χ0v) is 32.4. The quantitative estimate of drug-likeness (QED) is 0.286. The van der Waals surface area contributed by atoms with Crippen molar-refractivity contribution in [1.82, 2.24) is 0 Å². The SMILES string of the molecule is CC1=[C](/[Zr+2](=[CH]/c2ccccc2)[c]2c(C(C)(C)C)ccc3c2Cc2cc(C(C)(C)C)ccc2-3)C(C)C=C1[Si](C)(C)C.[Cl-].[Cl-]. The number of benzene rings is 3. The van der Waals surface area contributed by atoms with Gasteiger partial charge < -0.3 is 24.8 Å². The molecule has 2 aliphatic carbocycles. The van der Waals surface area contributed by atoms with Crippen LogP contribution in [0.3, 0.4) is 0 Å². The van der Waals surface area contributed by atoms with Gasteiger partial charge in [0.15, 0.2) is 0 Å². The molecule has 0 fully saturated rings. The van der Waals surface area contributed by atoms with Crippen LogP contribution in [0.15, 0.2) is 80.8 Å². The molecule has 0 amide bonds. The summed E-state index contributed by atoms with van der Waals surface area (Å²) in [6.45, 7) is 26.8. The summed E-state index contributed by atoms with van der Waals surface area (Å²) < 4.78 is 6.32. The van der Waals surface area contributed by atoms with E-state index < -0.39 is 29.3 Å². The molecule has 5 rings (SSSR count). The maximum Gasteiger partial charge on any atom is -1.00 e. The van der Waals surface area contributed by atoms with Gasteiger partial charge in [0.2, 0.25) is 0 Å². The molecule has 42 heavy (non-hydrogen) atoms. The third kappa shape index (κ3) is 6.68. The van der Waals surface area contributed by atoms with E-state index in [2.05, 4.69) is 145 Å². The number of fused-ring (bicyclic) bond motifs is 3. The monoisotopic (exact) mass is 692 g/mol.